The van der Waals surface area contributed by atoms with Crippen LogP contribution in [0.3, 0.4) is 0 Å². The van der Waals surface area contributed by atoms with Gasteiger partial charge in [-0.25, -0.2) is 4.98 Å². The van der Waals surface area contributed by atoms with Crippen LogP contribution in [0, 0.1) is 0 Å². The molecule has 4 rings (SSSR count). The Morgan fingerprint density at radius 3 is 2.83 bits per heavy atom. The van der Waals surface area contributed by atoms with Crippen molar-refractivity contribution >= 4 is 16.9 Å². The van der Waals surface area contributed by atoms with E-state index in [0.29, 0.717) is 11.8 Å². The maximum absolute atomic E-state index is 12.0. The summed E-state index contributed by atoms with van der Waals surface area (Å²) in [6.45, 7) is 7.48. The first-order valence-corrected chi connectivity index (χ1v) is 11.0. The Bertz CT molecular complexity index is 997. The van der Waals surface area contributed by atoms with Crippen molar-refractivity contribution in [3.63, 3.8) is 0 Å². The van der Waals surface area contributed by atoms with Gasteiger partial charge in [-0.3, -0.25) is 4.79 Å². The second-order valence-corrected chi connectivity index (χ2v) is 8.73. The summed E-state index contributed by atoms with van der Waals surface area (Å²) in [5.74, 6) is 0.974. The Labute approximate surface area is 179 Å². The molecular formula is C25H32N4O. The third-order valence-corrected chi connectivity index (χ3v) is 6.37. The maximum atomic E-state index is 12.0. The van der Waals surface area contributed by atoms with Crippen molar-refractivity contribution in [2.75, 3.05) is 26.7 Å². The van der Waals surface area contributed by atoms with Gasteiger partial charge in [0.15, 0.2) is 0 Å². The molecule has 0 aliphatic carbocycles. The van der Waals surface area contributed by atoms with Crippen molar-refractivity contribution in [2.45, 2.75) is 45.1 Å². The van der Waals surface area contributed by atoms with Crippen LogP contribution in [0.2, 0.25) is 0 Å². The van der Waals surface area contributed by atoms with Crippen LogP contribution in [0.5, 0.6) is 0 Å². The zero-order valence-corrected chi connectivity index (χ0v) is 18.3. The molecule has 0 unspecified atom stereocenters. The molecule has 30 heavy (non-hydrogen) atoms. The molecule has 5 nitrogen and oxygen atoms in total. The molecule has 2 aromatic heterocycles. The number of rotatable bonds is 6. The van der Waals surface area contributed by atoms with Gasteiger partial charge in [-0.1, -0.05) is 37.3 Å². The number of nitrogens with one attached hydrogen (secondary N) is 1. The number of aromatic amines is 1. The molecule has 3 aromatic rings. The minimum Gasteiger partial charge on any atom is -0.343 e. The lowest BCUT2D eigenvalue weighted by atomic mass is 9.91. The van der Waals surface area contributed by atoms with E-state index < -0.39 is 0 Å². The maximum Gasteiger partial charge on any atom is 0.219 e. The second kappa shape index (κ2) is 9.00. The van der Waals surface area contributed by atoms with Gasteiger partial charge in [-0.2, -0.15) is 0 Å². The number of carbonyl (C=O) groups excluding carboxylic acids is 1. The number of amides is 1. The molecule has 1 amide bonds. The van der Waals surface area contributed by atoms with Crippen molar-refractivity contribution in [3.8, 4) is 0 Å². The Morgan fingerprint density at radius 2 is 2.07 bits per heavy atom. The number of likely N-dealkylation sites (tertiary alicyclic amines) is 1. The van der Waals surface area contributed by atoms with Crippen LogP contribution >= 0.6 is 0 Å². The summed E-state index contributed by atoms with van der Waals surface area (Å²) in [5.41, 5.74) is 4.91. The smallest absolute Gasteiger partial charge is 0.219 e. The molecule has 0 bridgehead atoms. The SMILES string of the molecule is CC(=O)N1CCC[C@H](c2[nH]c3ncccc3c2CN(C)C[C@@H](C)c2ccccc2)C1. The van der Waals surface area contributed by atoms with Crippen LogP contribution in [0.25, 0.3) is 11.0 Å². The lowest BCUT2D eigenvalue weighted by Crippen LogP contribution is -2.38. The van der Waals surface area contributed by atoms with E-state index in [0.717, 1.165) is 44.7 Å². The number of piperidine rings is 1. The number of hydrogen-bond donors (Lipinski definition) is 1. The highest BCUT2D eigenvalue weighted by molar-refractivity contribution is 5.81. The van der Waals surface area contributed by atoms with Crippen molar-refractivity contribution in [1.29, 1.82) is 0 Å². The molecule has 5 heteroatoms. The lowest BCUT2D eigenvalue weighted by Gasteiger charge is -2.32. The van der Waals surface area contributed by atoms with Gasteiger partial charge in [0.2, 0.25) is 5.91 Å². The Balaban J connectivity index is 1.58. The van der Waals surface area contributed by atoms with Crippen LogP contribution in [-0.4, -0.2) is 52.4 Å². The minimum absolute atomic E-state index is 0.171. The van der Waals surface area contributed by atoms with Crippen molar-refractivity contribution in [3.05, 3.63) is 65.5 Å². The zero-order valence-electron chi connectivity index (χ0n) is 18.3. The Morgan fingerprint density at radius 1 is 1.27 bits per heavy atom. The highest BCUT2D eigenvalue weighted by atomic mass is 16.2. The average Bonchev–Trinajstić information content (AvgIpc) is 3.12. The van der Waals surface area contributed by atoms with Gasteiger partial charge in [0, 0.05) is 56.3 Å². The topological polar surface area (TPSA) is 52.2 Å². The van der Waals surface area contributed by atoms with Crippen LogP contribution in [-0.2, 0) is 11.3 Å². The summed E-state index contributed by atoms with van der Waals surface area (Å²) < 4.78 is 0. The summed E-state index contributed by atoms with van der Waals surface area (Å²) in [6, 6.07) is 14.9. The summed E-state index contributed by atoms with van der Waals surface area (Å²) >= 11 is 0. The molecule has 0 saturated carbocycles. The number of H-pyrrole nitrogens is 1. The van der Waals surface area contributed by atoms with Crippen molar-refractivity contribution in [2.24, 2.45) is 0 Å². The van der Waals surface area contributed by atoms with Gasteiger partial charge in [0.25, 0.3) is 0 Å². The molecular weight excluding hydrogens is 372 g/mol. The van der Waals surface area contributed by atoms with E-state index in [-0.39, 0.29) is 5.91 Å². The fourth-order valence-corrected chi connectivity index (χ4v) is 4.80. The number of benzene rings is 1. The molecule has 1 N–H and O–H groups in total. The first kappa shape index (κ1) is 20.6. The largest absolute Gasteiger partial charge is 0.343 e. The molecule has 3 heterocycles. The highest BCUT2D eigenvalue weighted by Gasteiger charge is 2.27. The van der Waals surface area contributed by atoms with Gasteiger partial charge in [-0.05, 0) is 49.1 Å². The number of fused-ring (bicyclic) bond motifs is 1. The van der Waals surface area contributed by atoms with E-state index in [9.17, 15) is 4.79 Å². The predicted molar refractivity (Wildman–Crippen MR) is 122 cm³/mol. The molecule has 1 fully saturated rings. The standard InChI is InChI=1S/C25H32N4O/c1-18(20-9-5-4-6-10-20)15-28(3)17-23-22-12-7-13-26-25(22)27-24(23)21-11-8-14-29(16-21)19(2)30/h4-7,9-10,12-13,18,21H,8,11,14-17H2,1-3H3,(H,26,27)/t18-,21+/m1/s1. The number of carbonyl (C=O) groups is 1. The quantitative estimate of drug-likeness (QED) is 0.657. The summed E-state index contributed by atoms with van der Waals surface area (Å²) in [7, 11) is 2.20. The first-order valence-electron chi connectivity index (χ1n) is 11.0. The van der Waals surface area contributed by atoms with E-state index in [1.807, 2.05) is 17.2 Å². The summed E-state index contributed by atoms with van der Waals surface area (Å²) in [4.78, 5) is 24.5. The van der Waals surface area contributed by atoms with Gasteiger partial charge < -0.3 is 14.8 Å². The monoisotopic (exact) mass is 404 g/mol. The third kappa shape index (κ3) is 4.41. The number of nitrogens with zero attached hydrogens (tertiary/aromatic N) is 3. The van der Waals surface area contributed by atoms with Crippen molar-refractivity contribution < 1.29 is 4.79 Å². The van der Waals surface area contributed by atoms with Gasteiger partial charge in [-0.15, -0.1) is 0 Å². The summed E-state index contributed by atoms with van der Waals surface area (Å²) in [5, 5.41) is 1.20. The number of pyridine rings is 1. The first-order chi connectivity index (χ1) is 14.5. The number of hydrogen-bond acceptors (Lipinski definition) is 3. The molecule has 158 valence electrons. The molecule has 0 radical (unpaired) electrons. The average molecular weight is 405 g/mol. The van der Waals surface area contributed by atoms with Gasteiger partial charge in [0.1, 0.15) is 5.65 Å². The van der Waals surface area contributed by atoms with Crippen LogP contribution < -0.4 is 0 Å². The molecule has 0 spiro atoms. The Hall–Kier alpha value is -2.66. The fourth-order valence-electron chi connectivity index (χ4n) is 4.80. The van der Waals surface area contributed by atoms with E-state index in [1.165, 1.54) is 22.2 Å². The zero-order chi connectivity index (χ0) is 21.1. The molecule has 1 aliphatic rings. The second-order valence-electron chi connectivity index (χ2n) is 8.73. The molecule has 2 atom stereocenters. The van der Waals surface area contributed by atoms with E-state index >= 15 is 0 Å². The number of likely N-dealkylation sites (N-methyl/N-ethyl adjacent to an activating group) is 1. The van der Waals surface area contributed by atoms with Gasteiger partial charge >= 0.3 is 0 Å². The van der Waals surface area contributed by atoms with Crippen molar-refractivity contribution in [1.82, 2.24) is 19.8 Å². The molecule has 1 aromatic carbocycles. The molecule has 1 saturated heterocycles. The highest BCUT2D eigenvalue weighted by Crippen LogP contribution is 2.33. The third-order valence-electron chi connectivity index (χ3n) is 6.37. The fraction of sp³-hybridized carbons (Fsp3) is 0.440. The van der Waals surface area contributed by atoms with Crippen LogP contribution in [0.15, 0.2) is 48.7 Å². The summed E-state index contributed by atoms with van der Waals surface area (Å²) in [6.07, 6.45) is 4.00. The number of aromatic nitrogens is 2. The van der Waals surface area contributed by atoms with Gasteiger partial charge in [0.05, 0.1) is 0 Å². The molecule has 1 aliphatic heterocycles. The Kier molecular flexibility index (Phi) is 6.18. The minimum atomic E-state index is 0.171. The van der Waals surface area contributed by atoms with E-state index in [4.69, 9.17) is 0 Å². The predicted octanol–water partition coefficient (Wildman–Crippen LogP) is 4.52. The normalized spacial score (nSPS) is 18.1. The van der Waals surface area contributed by atoms with Crippen LogP contribution in [0.4, 0.5) is 0 Å². The van der Waals surface area contributed by atoms with E-state index in [2.05, 4.69) is 65.2 Å². The lowest BCUT2D eigenvalue weighted by molar-refractivity contribution is -0.130. The van der Waals surface area contributed by atoms with E-state index in [1.54, 1.807) is 6.92 Å². The van der Waals surface area contributed by atoms with Crippen LogP contribution in [0.1, 0.15) is 55.3 Å².